The lowest BCUT2D eigenvalue weighted by molar-refractivity contribution is -0.134. The standard InChI is InChI=1S/C26H35ClFN5O3.C4H4O4/c1-16(2)18(25(36)31-23-10-9-17(28)12-30-23)11-22(34)20(29)13-32-14-24(35)33(15-26(32,3)4)21-8-6-5-7-19(21)27;5-3(6)1-2-4(7)8/h5-10,12,16,18,20,22,34H,11,13-15,29H2,1-4H3,(H,30,31,36);1-2H,(H,5,6)(H,7,8)/b;2-1+/t18-,20-,22-;/m0./s1. The molecule has 44 heavy (non-hydrogen) atoms. The summed E-state index contributed by atoms with van der Waals surface area (Å²) in [7, 11) is 0. The number of anilines is 2. The molecule has 1 aliphatic rings. The molecular formula is C30H39ClFN5O7. The number of aliphatic hydroxyl groups is 1. The van der Waals surface area contributed by atoms with Crippen LogP contribution in [0.5, 0.6) is 0 Å². The number of aliphatic hydroxyl groups excluding tert-OH is 1. The number of carbonyl (C=O) groups excluding carboxylic acids is 2. The maximum Gasteiger partial charge on any atom is 0.328 e. The summed E-state index contributed by atoms with van der Waals surface area (Å²) in [5.41, 5.74) is 6.62. The van der Waals surface area contributed by atoms with Gasteiger partial charge in [-0.05, 0) is 50.5 Å². The van der Waals surface area contributed by atoms with Crippen LogP contribution in [0.25, 0.3) is 0 Å². The lowest BCUT2D eigenvalue weighted by Crippen LogP contribution is -2.64. The highest BCUT2D eigenvalue weighted by atomic mass is 35.5. The van der Waals surface area contributed by atoms with E-state index < -0.39 is 41.4 Å². The van der Waals surface area contributed by atoms with E-state index in [2.05, 4.69) is 10.3 Å². The fraction of sp³-hybridized carbons (Fsp3) is 0.433. The third kappa shape index (κ3) is 11.0. The van der Waals surface area contributed by atoms with Gasteiger partial charge in [-0.3, -0.25) is 14.5 Å². The van der Waals surface area contributed by atoms with Crippen LogP contribution in [0.4, 0.5) is 15.9 Å². The molecule has 3 rings (SSSR count). The summed E-state index contributed by atoms with van der Waals surface area (Å²) in [6.45, 7) is 8.63. The quantitative estimate of drug-likeness (QED) is 0.230. The number of benzene rings is 1. The van der Waals surface area contributed by atoms with Crippen molar-refractivity contribution in [2.45, 2.75) is 51.8 Å². The maximum atomic E-state index is 13.1. The second-order valence-corrected chi connectivity index (χ2v) is 11.7. The summed E-state index contributed by atoms with van der Waals surface area (Å²) in [4.78, 5) is 52.5. The smallest absolute Gasteiger partial charge is 0.328 e. The van der Waals surface area contributed by atoms with Crippen LogP contribution < -0.4 is 16.0 Å². The van der Waals surface area contributed by atoms with E-state index in [4.69, 9.17) is 27.5 Å². The van der Waals surface area contributed by atoms with Crippen LogP contribution in [0.15, 0.2) is 54.7 Å². The van der Waals surface area contributed by atoms with Gasteiger partial charge in [0.15, 0.2) is 0 Å². The lowest BCUT2D eigenvalue weighted by atomic mass is 9.87. The number of amides is 2. The number of hydrogen-bond donors (Lipinski definition) is 5. The molecule has 0 aliphatic carbocycles. The van der Waals surface area contributed by atoms with Crippen molar-refractivity contribution in [1.82, 2.24) is 9.88 Å². The molecule has 1 aliphatic heterocycles. The fourth-order valence-electron chi connectivity index (χ4n) is 4.54. The van der Waals surface area contributed by atoms with Crippen molar-refractivity contribution in [1.29, 1.82) is 0 Å². The molecule has 2 aromatic rings. The van der Waals surface area contributed by atoms with E-state index >= 15 is 0 Å². The molecule has 1 aromatic heterocycles. The summed E-state index contributed by atoms with van der Waals surface area (Å²) in [5, 5.41) is 29.7. The molecule has 0 saturated carbocycles. The van der Waals surface area contributed by atoms with Gasteiger partial charge in [0.2, 0.25) is 11.8 Å². The second-order valence-electron chi connectivity index (χ2n) is 11.3. The van der Waals surface area contributed by atoms with Crippen LogP contribution in [-0.4, -0.2) is 86.3 Å². The Balaban J connectivity index is 0.000000742. The van der Waals surface area contributed by atoms with Crippen LogP contribution >= 0.6 is 11.6 Å². The number of piperazine rings is 1. The summed E-state index contributed by atoms with van der Waals surface area (Å²) >= 11 is 6.32. The average molecular weight is 636 g/mol. The van der Waals surface area contributed by atoms with Crippen molar-refractivity contribution >= 4 is 46.9 Å². The normalized spacial score (nSPS) is 17.0. The number of aliphatic carboxylic acids is 2. The van der Waals surface area contributed by atoms with Crippen LogP contribution in [0.1, 0.15) is 34.1 Å². The van der Waals surface area contributed by atoms with Gasteiger partial charge in [-0.2, -0.15) is 0 Å². The Morgan fingerprint density at radius 2 is 1.75 bits per heavy atom. The lowest BCUT2D eigenvalue weighted by Gasteiger charge is -2.47. The molecule has 1 aromatic carbocycles. The number of carbonyl (C=O) groups is 4. The molecule has 1 fully saturated rings. The Hall–Kier alpha value is -3.91. The van der Waals surface area contributed by atoms with Gasteiger partial charge in [0, 0.05) is 42.7 Å². The molecule has 1 saturated heterocycles. The average Bonchev–Trinajstić information content (AvgIpc) is 2.94. The van der Waals surface area contributed by atoms with E-state index in [-0.39, 0.29) is 43.1 Å². The topological polar surface area (TPSA) is 186 Å². The van der Waals surface area contributed by atoms with Crippen LogP contribution in [0.2, 0.25) is 5.02 Å². The highest BCUT2D eigenvalue weighted by Crippen LogP contribution is 2.31. The number of nitrogens with zero attached hydrogens (tertiary/aromatic N) is 3. The monoisotopic (exact) mass is 635 g/mol. The zero-order valence-corrected chi connectivity index (χ0v) is 25.7. The minimum absolute atomic E-state index is 0.0792. The van der Waals surface area contributed by atoms with E-state index in [1.54, 1.807) is 11.0 Å². The molecule has 0 bridgehead atoms. The maximum absolute atomic E-state index is 13.1. The second kappa shape index (κ2) is 16.2. The van der Waals surface area contributed by atoms with Gasteiger partial charge in [-0.25, -0.2) is 19.0 Å². The minimum atomic E-state index is -1.26. The van der Waals surface area contributed by atoms with Gasteiger partial charge < -0.3 is 31.3 Å². The SMILES string of the molecule is CC(C)[C@H](C[C@H](O)[C@@H](N)CN1CC(=O)N(c2ccccc2Cl)CC1(C)C)C(=O)Nc1ccc(F)cn1.O=C(O)/C=C/C(=O)O. The van der Waals surface area contributed by atoms with Gasteiger partial charge in [-0.15, -0.1) is 0 Å². The van der Waals surface area contributed by atoms with Crippen molar-refractivity contribution in [3.05, 3.63) is 65.6 Å². The number of carboxylic acid groups (broad SMARTS) is 2. The zero-order valence-electron chi connectivity index (χ0n) is 25.0. The highest BCUT2D eigenvalue weighted by molar-refractivity contribution is 6.33. The number of rotatable bonds is 11. The molecule has 3 atom stereocenters. The number of carboxylic acids is 2. The summed E-state index contributed by atoms with van der Waals surface area (Å²) in [5.74, 6) is -3.81. The molecule has 0 spiro atoms. The zero-order chi connectivity index (χ0) is 33.2. The fourth-order valence-corrected chi connectivity index (χ4v) is 4.78. The first-order valence-electron chi connectivity index (χ1n) is 13.8. The highest BCUT2D eigenvalue weighted by Gasteiger charge is 2.40. The first-order chi connectivity index (χ1) is 20.5. The van der Waals surface area contributed by atoms with E-state index in [9.17, 15) is 28.7 Å². The predicted molar refractivity (Wildman–Crippen MR) is 164 cm³/mol. The van der Waals surface area contributed by atoms with Crippen molar-refractivity contribution in [3.63, 3.8) is 0 Å². The summed E-state index contributed by atoms with van der Waals surface area (Å²) < 4.78 is 13.1. The molecule has 240 valence electrons. The Kier molecular flexibility index (Phi) is 13.4. The Bertz CT molecular complexity index is 1320. The van der Waals surface area contributed by atoms with Gasteiger partial charge in [0.05, 0.1) is 29.6 Å². The number of halogens is 2. The van der Waals surface area contributed by atoms with Crippen molar-refractivity contribution in [3.8, 4) is 0 Å². The van der Waals surface area contributed by atoms with Crippen molar-refractivity contribution in [2.75, 3.05) is 29.9 Å². The summed E-state index contributed by atoms with van der Waals surface area (Å²) in [6, 6.07) is 9.15. The first kappa shape index (κ1) is 36.3. The van der Waals surface area contributed by atoms with E-state index in [0.29, 0.717) is 29.4 Å². The van der Waals surface area contributed by atoms with Crippen LogP contribution in [-0.2, 0) is 19.2 Å². The molecule has 12 nitrogen and oxygen atoms in total. The van der Waals surface area contributed by atoms with E-state index in [1.807, 2.05) is 50.8 Å². The molecule has 2 heterocycles. The molecule has 0 unspecified atom stereocenters. The molecular weight excluding hydrogens is 597 g/mol. The van der Waals surface area contributed by atoms with E-state index in [1.165, 1.54) is 12.1 Å². The van der Waals surface area contributed by atoms with E-state index in [0.717, 1.165) is 6.20 Å². The molecule has 2 amide bonds. The van der Waals surface area contributed by atoms with Gasteiger partial charge in [0.1, 0.15) is 11.6 Å². The number of nitrogens with one attached hydrogen (secondary N) is 1. The Morgan fingerprint density at radius 3 is 2.27 bits per heavy atom. The number of para-hydroxylation sites is 1. The minimum Gasteiger partial charge on any atom is -0.478 e. The van der Waals surface area contributed by atoms with Gasteiger partial charge >= 0.3 is 11.9 Å². The van der Waals surface area contributed by atoms with Gasteiger partial charge in [0.25, 0.3) is 0 Å². The predicted octanol–water partition coefficient (Wildman–Crippen LogP) is 3.00. The molecule has 14 heteroatoms. The van der Waals surface area contributed by atoms with Crippen molar-refractivity contribution < 1.29 is 38.9 Å². The number of hydrogen-bond acceptors (Lipinski definition) is 8. The third-order valence-corrected chi connectivity index (χ3v) is 7.40. The number of nitrogens with two attached hydrogens (primary N) is 1. The number of aromatic nitrogens is 1. The largest absolute Gasteiger partial charge is 0.478 e. The number of pyridine rings is 1. The van der Waals surface area contributed by atoms with Crippen molar-refractivity contribution in [2.24, 2.45) is 17.6 Å². The first-order valence-corrected chi connectivity index (χ1v) is 14.2. The van der Waals surface area contributed by atoms with Crippen LogP contribution in [0.3, 0.4) is 0 Å². The molecule has 0 radical (unpaired) electrons. The Morgan fingerprint density at radius 1 is 1.14 bits per heavy atom. The molecule has 6 N–H and O–H groups in total. The third-order valence-electron chi connectivity index (χ3n) is 7.08. The Labute approximate surface area is 260 Å². The van der Waals surface area contributed by atoms with Gasteiger partial charge in [-0.1, -0.05) is 37.6 Å². The summed E-state index contributed by atoms with van der Waals surface area (Å²) in [6.07, 6.45) is 1.31. The van der Waals surface area contributed by atoms with Crippen LogP contribution in [0, 0.1) is 17.7 Å².